The number of aliphatic imine (C=N–C) groups is 1. The van der Waals surface area contributed by atoms with Gasteiger partial charge in [0.25, 0.3) is 5.56 Å². The molecule has 2 aliphatic rings. The first-order valence-electron chi connectivity index (χ1n) is 9.20. The summed E-state index contributed by atoms with van der Waals surface area (Å²) >= 11 is 0. The van der Waals surface area contributed by atoms with Gasteiger partial charge < -0.3 is 30.0 Å². The molecule has 3 rings (SSSR count). The van der Waals surface area contributed by atoms with Crippen molar-refractivity contribution in [3.63, 3.8) is 0 Å². The van der Waals surface area contributed by atoms with Gasteiger partial charge in [-0.05, 0) is 31.1 Å². The quantitative estimate of drug-likeness (QED) is 0.233. The van der Waals surface area contributed by atoms with Crippen molar-refractivity contribution in [1.82, 2.24) is 9.97 Å². The molecule has 4 atom stereocenters. The number of nitrogens with zero attached hydrogens (tertiary/aromatic N) is 2. The molecule has 31 heavy (non-hydrogen) atoms. The normalized spacial score (nSPS) is 21.3. The molecule has 14 heteroatoms. The van der Waals surface area contributed by atoms with Crippen LogP contribution in [0.4, 0.5) is 11.5 Å². The third-order valence-electron chi connectivity index (χ3n) is 5.05. The van der Waals surface area contributed by atoms with Gasteiger partial charge >= 0.3 is 13.5 Å². The number of rotatable bonds is 7. The number of hydrogen-bond acceptors (Lipinski definition) is 9. The zero-order valence-corrected chi connectivity index (χ0v) is 17.5. The number of phosphoric acid groups is 1. The Kier molecular flexibility index (Phi) is 6.48. The van der Waals surface area contributed by atoms with Crippen LogP contribution in [0.25, 0.3) is 0 Å². The van der Waals surface area contributed by atoms with Crippen molar-refractivity contribution in [2.45, 2.75) is 38.2 Å². The summed E-state index contributed by atoms with van der Waals surface area (Å²) in [7, 11) is -4.88. The second kappa shape index (κ2) is 8.63. The van der Waals surface area contributed by atoms with E-state index in [2.05, 4.69) is 19.5 Å². The maximum atomic E-state index is 12.3. The number of fused-ring (bicyclic) bond motifs is 2. The molecule has 0 saturated carbocycles. The Morgan fingerprint density at radius 2 is 1.84 bits per heavy atom. The van der Waals surface area contributed by atoms with Crippen molar-refractivity contribution < 1.29 is 34.2 Å². The first-order valence-corrected chi connectivity index (χ1v) is 10.7. The van der Waals surface area contributed by atoms with E-state index in [4.69, 9.17) is 9.79 Å². The molecule has 0 bridgehead atoms. The summed E-state index contributed by atoms with van der Waals surface area (Å²) in [5.41, 5.74) is 0.660. The molecule has 0 radical (unpaired) electrons. The number of anilines is 1. The number of aromatic amines is 2. The summed E-state index contributed by atoms with van der Waals surface area (Å²) in [4.78, 5) is 51.9. The summed E-state index contributed by atoms with van der Waals surface area (Å²) in [6.45, 7) is 2.43. The Balaban J connectivity index is 1.92. The third-order valence-corrected chi connectivity index (χ3v) is 5.53. The van der Waals surface area contributed by atoms with Crippen LogP contribution in [0.15, 0.2) is 37.9 Å². The molecule has 0 spiro atoms. The lowest BCUT2D eigenvalue weighted by Crippen LogP contribution is -2.52. The van der Waals surface area contributed by atoms with E-state index in [0.29, 0.717) is 5.71 Å². The van der Waals surface area contributed by atoms with Crippen molar-refractivity contribution in [1.29, 1.82) is 0 Å². The largest absolute Gasteiger partial charge is 0.469 e. The number of H-pyrrole nitrogens is 2. The van der Waals surface area contributed by atoms with Gasteiger partial charge in [0.05, 0.1) is 18.4 Å². The highest BCUT2D eigenvalue weighted by Gasteiger charge is 2.36. The number of nitrogens with one attached hydrogen (secondary N) is 2. The Hall–Kier alpha value is -2.38. The average Bonchev–Trinajstić information content (AvgIpc) is 2.67. The lowest BCUT2D eigenvalue weighted by molar-refractivity contribution is -0.0723. The zero-order valence-electron chi connectivity index (χ0n) is 16.6. The number of allylic oxidation sites excluding steroid dienone is 2. The molecule has 0 fully saturated rings. The Labute approximate surface area is 175 Å². The van der Waals surface area contributed by atoms with Crippen molar-refractivity contribution in [3.8, 4) is 0 Å². The van der Waals surface area contributed by atoms with E-state index in [1.807, 2.05) is 19.9 Å². The molecular formula is C17H23N4O9P. The Bertz CT molecular complexity index is 1120. The molecule has 0 aromatic carbocycles. The standard InChI is InChI=1S/C17H23N4O9P/c1-7-3-9-10(4-8(7)2)21(15-13(18-9)16(25)20-17(26)19-15)5-11(22)14(24)12(23)6-30-31(27,28)29/h3-4,10-12,14,22-24H,5-6H2,1-2H3,(H2,27,28,29)(H2,19,20,25,26)/t10?,11-,12+,14-/m0/s1. The first-order chi connectivity index (χ1) is 14.4. The highest BCUT2D eigenvalue weighted by molar-refractivity contribution is 7.46. The molecule has 2 heterocycles. The van der Waals surface area contributed by atoms with Gasteiger partial charge in [0.2, 0.25) is 0 Å². The molecule has 0 saturated heterocycles. The smallest absolute Gasteiger partial charge is 0.388 e. The molecule has 7 N–H and O–H groups in total. The van der Waals surface area contributed by atoms with Crippen molar-refractivity contribution in [3.05, 3.63) is 44.1 Å². The summed E-state index contributed by atoms with van der Waals surface area (Å²) < 4.78 is 14.9. The first kappa shape index (κ1) is 23.3. The van der Waals surface area contributed by atoms with Crippen molar-refractivity contribution in [2.75, 3.05) is 18.1 Å². The molecular weight excluding hydrogens is 435 g/mol. The summed E-state index contributed by atoms with van der Waals surface area (Å²) in [5, 5.41) is 30.6. The number of β-amino-alcohol motifs (C(OH)–C–C–N with tert-alkyl or cyclic N) is 1. The van der Waals surface area contributed by atoms with Gasteiger partial charge in [0.1, 0.15) is 24.1 Å². The van der Waals surface area contributed by atoms with Crippen LogP contribution in [0, 0.1) is 0 Å². The van der Waals surface area contributed by atoms with Crippen LogP contribution in [0.1, 0.15) is 13.8 Å². The predicted octanol–water partition coefficient (Wildman–Crippen LogP) is -1.58. The zero-order chi connectivity index (χ0) is 23.1. The minimum absolute atomic E-state index is 0.0201. The Morgan fingerprint density at radius 3 is 2.48 bits per heavy atom. The van der Waals surface area contributed by atoms with E-state index < -0.39 is 50.0 Å². The van der Waals surface area contributed by atoms with Crippen LogP contribution in [0.3, 0.4) is 0 Å². The highest BCUT2D eigenvalue weighted by Crippen LogP contribution is 2.36. The predicted molar refractivity (Wildman–Crippen MR) is 109 cm³/mol. The van der Waals surface area contributed by atoms with E-state index in [0.717, 1.165) is 11.1 Å². The molecule has 1 aromatic heterocycles. The minimum Gasteiger partial charge on any atom is -0.388 e. The number of aliphatic hydroxyl groups is 3. The van der Waals surface area contributed by atoms with Crippen molar-refractivity contribution >= 4 is 25.0 Å². The lowest BCUT2D eigenvalue weighted by Gasteiger charge is -2.39. The lowest BCUT2D eigenvalue weighted by atomic mass is 9.92. The minimum atomic E-state index is -4.88. The fourth-order valence-electron chi connectivity index (χ4n) is 3.31. The van der Waals surface area contributed by atoms with Crippen LogP contribution < -0.4 is 16.1 Å². The van der Waals surface area contributed by atoms with Gasteiger partial charge in [-0.1, -0.05) is 6.08 Å². The molecule has 0 amide bonds. The molecule has 170 valence electrons. The maximum absolute atomic E-state index is 12.3. The number of aliphatic hydroxyl groups excluding tert-OH is 3. The maximum Gasteiger partial charge on any atom is 0.469 e. The molecule has 1 unspecified atom stereocenters. The molecule has 13 nitrogen and oxygen atoms in total. The van der Waals surface area contributed by atoms with E-state index >= 15 is 0 Å². The molecule has 1 aliphatic heterocycles. The molecule has 1 aromatic rings. The van der Waals surface area contributed by atoms with Gasteiger partial charge in [0, 0.05) is 6.54 Å². The fraction of sp³-hybridized carbons (Fsp3) is 0.471. The van der Waals surface area contributed by atoms with Crippen LogP contribution in [0.2, 0.25) is 0 Å². The van der Waals surface area contributed by atoms with Crippen LogP contribution in [-0.2, 0) is 9.09 Å². The van der Waals surface area contributed by atoms with E-state index in [-0.39, 0.29) is 18.1 Å². The summed E-state index contributed by atoms with van der Waals surface area (Å²) in [5.74, 6) is 0.0201. The van der Waals surface area contributed by atoms with Crippen LogP contribution in [0.5, 0.6) is 0 Å². The van der Waals surface area contributed by atoms with E-state index in [9.17, 15) is 29.5 Å². The van der Waals surface area contributed by atoms with Gasteiger partial charge in [0.15, 0.2) is 5.69 Å². The van der Waals surface area contributed by atoms with Gasteiger partial charge in [-0.2, -0.15) is 0 Å². The SMILES string of the molecule is CC1=CC2=Nc3c([nH]c(=O)[nH]c3=O)N(C[C@H](O)[C@H](O)[C@H](O)COP(=O)(O)O)C2C=C1C. The monoisotopic (exact) mass is 458 g/mol. The van der Waals surface area contributed by atoms with E-state index in [1.54, 1.807) is 6.08 Å². The van der Waals surface area contributed by atoms with E-state index in [1.165, 1.54) is 4.90 Å². The summed E-state index contributed by atoms with van der Waals surface area (Å²) in [6, 6.07) is -0.584. The van der Waals surface area contributed by atoms with Gasteiger partial charge in [-0.25, -0.2) is 14.4 Å². The van der Waals surface area contributed by atoms with Crippen LogP contribution in [-0.4, -0.2) is 78.3 Å². The average molecular weight is 458 g/mol. The Morgan fingerprint density at radius 1 is 1.16 bits per heavy atom. The topological polar surface area (TPSA) is 209 Å². The third kappa shape index (κ3) is 5.10. The highest BCUT2D eigenvalue weighted by atomic mass is 31.2. The second-order valence-electron chi connectivity index (χ2n) is 7.33. The summed E-state index contributed by atoms with van der Waals surface area (Å²) in [6.07, 6.45) is -1.75. The number of phosphoric ester groups is 1. The number of aromatic nitrogens is 2. The number of hydrogen-bond donors (Lipinski definition) is 7. The van der Waals surface area contributed by atoms with Gasteiger partial charge in [-0.3, -0.25) is 19.3 Å². The van der Waals surface area contributed by atoms with Gasteiger partial charge in [-0.15, -0.1) is 0 Å². The van der Waals surface area contributed by atoms with Crippen LogP contribution >= 0.6 is 7.82 Å². The molecule has 1 aliphatic carbocycles. The second-order valence-corrected chi connectivity index (χ2v) is 8.57. The fourth-order valence-corrected chi connectivity index (χ4v) is 3.66. The van der Waals surface area contributed by atoms with Crippen molar-refractivity contribution in [2.24, 2.45) is 4.99 Å².